The molecule has 2 amide bonds. The molecule has 0 aliphatic carbocycles. The number of benzene rings is 2. The Morgan fingerprint density at radius 1 is 1.02 bits per heavy atom. The van der Waals surface area contributed by atoms with Crippen molar-refractivity contribution < 1.29 is 14.7 Å². The van der Waals surface area contributed by atoms with Gasteiger partial charge in [-0.1, -0.05) is 84.7 Å². The van der Waals surface area contributed by atoms with Gasteiger partial charge in [0.1, 0.15) is 0 Å². The fourth-order valence-corrected chi connectivity index (χ4v) is 7.17. The molecule has 5 rings (SSSR count). The van der Waals surface area contributed by atoms with Crippen LogP contribution in [0.3, 0.4) is 0 Å². The van der Waals surface area contributed by atoms with Crippen LogP contribution in [0, 0.1) is 5.92 Å². The zero-order chi connectivity index (χ0) is 33.1. The van der Waals surface area contributed by atoms with Crippen molar-refractivity contribution in [3.8, 4) is 11.3 Å². The molecule has 0 spiro atoms. The Morgan fingerprint density at radius 2 is 1.71 bits per heavy atom. The van der Waals surface area contributed by atoms with Gasteiger partial charge in [-0.25, -0.2) is 4.31 Å². The molecule has 2 aliphatic heterocycles. The Balaban J connectivity index is 0.00000133. The lowest BCUT2D eigenvalue weighted by Gasteiger charge is -2.33. The second kappa shape index (κ2) is 17.8. The lowest BCUT2D eigenvalue weighted by atomic mass is 9.85. The number of hydrogen-bond donors (Lipinski definition) is 2. The molecular weight excluding hydrogens is 580 g/mol. The molecule has 2 unspecified atom stereocenters. The summed E-state index contributed by atoms with van der Waals surface area (Å²) < 4.78 is 7.12. The van der Waals surface area contributed by atoms with Gasteiger partial charge >= 0.3 is 0 Å². The summed E-state index contributed by atoms with van der Waals surface area (Å²) in [6.45, 7) is 14.2. The average Bonchev–Trinajstić information content (AvgIpc) is 3.27. The maximum atomic E-state index is 14.0. The lowest BCUT2D eigenvalue weighted by Crippen LogP contribution is -2.46. The smallest absolute Gasteiger partial charge is 0.262 e. The first-order chi connectivity index (χ1) is 21.8. The van der Waals surface area contributed by atoms with Gasteiger partial charge in [-0.15, -0.1) is 0 Å². The number of fused-ring (bicyclic) bond motifs is 5. The maximum absolute atomic E-state index is 14.0. The number of piperidine rings is 1. The molecule has 0 saturated carbocycles. The third-order valence-corrected chi connectivity index (χ3v) is 9.21. The van der Waals surface area contributed by atoms with Gasteiger partial charge in [0, 0.05) is 53.8 Å². The van der Waals surface area contributed by atoms with Gasteiger partial charge in [-0.05, 0) is 75.4 Å². The predicted octanol–water partition coefficient (Wildman–Crippen LogP) is 8.05. The van der Waals surface area contributed by atoms with Crippen LogP contribution in [0.4, 0.5) is 0 Å². The second-order valence-electron chi connectivity index (χ2n) is 11.9. The number of carbonyl (C=O) groups is 2. The number of rotatable bonds is 9. The van der Waals surface area contributed by atoms with Crippen molar-refractivity contribution in [1.29, 1.82) is 0 Å². The minimum Gasteiger partial charge on any atom is -0.391 e. The molecule has 2 atom stereocenters. The summed E-state index contributed by atoms with van der Waals surface area (Å²) in [7, 11) is 3.79. The monoisotopic (exact) mass is 636 g/mol. The predicted molar refractivity (Wildman–Crippen MR) is 190 cm³/mol. The average molecular weight is 637 g/mol. The normalized spacial score (nSPS) is 17.4. The SMILES string of the molecule is CC.CC.CCCC(CCC)c1c2n(c3cc(C(=O)NSN(C)C)ccc13)CC(C(=O)N1CCCC(O)C1)Cc1ccccc1-2. The maximum Gasteiger partial charge on any atom is 0.262 e. The number of hydrogen-bond acceptors (Lipinski definition) is 5. The standard InChI is InChI=1S/C33H44N4O3S.2C2H6/c1-5-10-22(11-6-2)30-28-16-15-24(32(39)34-41-35(3)4)19-29(28)37-20-25(33(40)36-17-9-13-26(38)21-36)18-23-12-7-8-14-27(23)31(30)37;2*1-2/h7-8,12,14-16,19,22,25-26,38H,5-6,9-11,13,17-18,20-21H2,1-4H3,(H,34,39);2*1-2H3. The van der Waals surface area contributed by atoms with E-state index in [1.54, 1.807) is 0 Å². The molecule has 45 heavy (non-hydrogen) atoms. The number of aliphatic hydroxyl groups excluding tert-OH is 1. The van der Waals surface area contributed by atoms with E-state index in [2.05, 4.69) is 53.5 Å². The highest BCUT2D eigenvalue weighted by Gasteiger charge is 2.35. The summed E-state index contributed by atoms with van der Waals surface area (Å²) in [5, 5.41) is 11.5. The van der Waals surface area contributed by atoms with Crippen molar-refractivity contribution in [2.75, 3.05) is 27.2 Å². The number of β-amino-alcohol motifs (C(OH)–C–C–N with tert-alkyl or cyclic N) is 1. The lowest BCUT2D eigenvalue weighted by molar-refractivity contribution is -0.139. The summed E-state index contributed by atoms with van der Waals surface area (Å²) in [6.07, 6.45) is 6.17. The van der Waals surface area contributed by atoms with Crippen molar-refractivity contribution >= 4 is 34.9 Å². The van der Waals surface area contributed by atoms with Crippen LogP contribution < -0.4 is 4.72 Å². The second-order valence-corrected chi connectivity index (χ2v) is 13.0. The first-order valence-electron chi connectivity index (χ1n) is 17.2. The van der Waals surface area contributed by atoms with Crippen molar-refractivity contribution in [3.63, 3.8) is 0 Å². The van der Waals surface area contributed by atoms with E-state index in [1.807, 2.05) is 63.1 Å². The van der Waals surface area contributed by atoms with Crippen LogP contribution in [0.15, 0.2) is 42.5 Å². The number of likely N-dealkylation sites (tertiary alicyclic amines) is 1. The van der Waals surface area contributed by atoms with Crippen molar-refractivity contribution in [2.24, 2.45) is 5.92 Å². The van der Waals surface area contributed by atoms with Crippen molar-refractivity contribution in [1.82, 2.24) is 18.5 Å². The van der Waals surface area contributed by atoms with E-state index in [0.29, 0.717) is 37.5 Å². The Morgan fingerprint density at radius 3 is 2.36 bits per heavy atom. The van der Waals surface area contributed by atoms with Crippen LogP contribution in [-0.2, 0) is 17.8 Å². The van der Waals surface area contributed by atoms with E-state index >= 15 is 0 Å². The number of aromatic nitrogens is 1. The molecule has 7 nitrogen and oxygen atoms in total. The summed E-state index contributed by atoms with van der Waals surface area (Å²) in [4.78, 5) is 29.0. The highest BCUT2D eigenvalue weighted by atomic mass is 32.2. The molecule has 1 aromatic heterocycles. The molecule has 1 fully saturated rings. The quantitative estimate of drug-likeness (QED) is 0.233. The van der Waals surface area contributed by atoms with Gasteiger partial charge < -0.3 is 14.6 Å². The van der Waals surface area contributed by atoms with E-state index in [4.69, 9.17) is 0 Å². The minimum absolute atomic E-state index is 0.116. The molecule has 1 saturated heterocycles. The topological polar surface area (TPSA) is 77.8 Å². The van der Waals surface area contributed by atoms with Crippen molar-refractivity contribution in [3.05, 3.63) is 59.2 Å². The van der Waals surface area contributed by atoms with Gasteiger partial charge in [-0.2, -0.15) is 0 Å². The first-order valence-corrected chi connectivity index (χ1v) is 18.0. The molecule has 8 heteroatoms. The fraction of sp³-hybridized carbons (Fsp3) is 0.568. The highest BCUT2D eigenvalue weighted by Crippen LogP contribution is 2.45. The summed E-state index contributed by atoms with van der Waals surface area (Å²) in [5.74, 6) is 0.129. The van der Waals surface area contributed by atoms with E-state index in [-0.39, 0.29) is 17.7 Å². The van der Waals surface area contributed by atoms with Crippen molar-refractivity contribution in [2.45, 2.75) is 105 Å². The number of nitrogens with zero attached hydrogens (tertiary/aromatic N) is 3. The molecule has 0 radical (unpaired) electrons. The molecule has 2 N–H and O–H groups in total. The van der Waals surface area contributed by atoms with Crippen LogP contribution in [0.25, 0.3) is 22.2 Å². The number of carbonyl (C=O) groups excluding carboxylic acids is 2. The zero-order valence-corrected chi connectivity index (χ0v) is 29.7. The third-order valence-electron chi connectivity index (χ3n) is 8.57. The Hall–Kier alpha value is -2.81. The molecule has 3 aromatic rings. The van der Waals surface area contributed by atoms with Crippen LogP contribution >= 0.6 is 12.1 Å². The van der Waals surface area contributed by atoms with Gasteiger partial charge in [0.2, 0.25) is 5.91 Å². The van der Waals surface area contributed by atoms with E-state index in [1.165, 1.54) is 39.9 Å². The van der Waals surface area contributed by atoms with Gasteiger partial charge in [0.05, 0.1) is 17.7 Å². The number of nitrogens with one attached hydrogen (secondary N) is 1. The summed E-state index contributed by atoms with van der Waals surface area (Å²) in [6, 6.07) is 14.6. The summed E-state index contributed by atoms with van der Waals surface area (Å²) in [5.41, 5.74) is 6.57. The molecule has 0 bridgehead atoms. The van der Waals surface area contributed by atoms with Crippen LogP contribution in [0.1, 0.15) is 107 Å². The van der Waals surface area contributed by atoms with Gasteiger partial charge in [0.15, 0.2) is 0 Å². The zero-order valence-electron chi connectivity index (χ0n) is 28.9. The summed E-state index contributed by atoms with van der Waals surface area (Å²) >= 11 is 1.26. The van der Waals surface area contributed by atoms with E-state index in [9.17, 15) is 14.7 Å². The van der Waals surface area contributed by atoms with Crippen LogP contribution in [0.2, 0.25) is 0 Å². The molecular formula is C37H56N4O3S. The van der Waals surface area contributed by atoms with E-state index in [0.717, 1.165) is 44.0 Å². The molecule has 2 aliphatic rings. The Bertz CT molecular complexity index is 1400. The molecule has 2 aromatic carbocycles. The van der Waals surface area contributed by atoms with Gasteiger partial charge in [0.25, 0.3) is 5.91 Å². The van der Waals surface area contributed by atoms with E-state index < -0.39 is 6.10 Å². The highest BCUT2D eigenvalue weighted by molar-refractivity contribution is 7.95. The van der Waals surface area contributed by atoms with Crippen LogP contribution in [-0.4, -0.2) is 64.0 Å². The minimum atomic E-state index is -0.453. The fourth-order valence-electron chi connectivity index (χ4n) is 6.79. The Kier molecular flexibility index (Phi) is 14.5. The Labute approximate surface area is 276 Å². The van der Waals surface area contributed by atoms with Crippen LogP contribution in [0.5, 0.6) is 0 Å². The molecule has 248 valence electrons. The number of amides is 2. The number of aliphatic hydroxyl groups is 1. The first kappa shape index (κ1) is 36.7. The molecule has 3 heterocycles. The third kappa shape index (κ3) is 8.52. The largest absolute Gasteiger partial charge is 0.391 e. The van der Waals surface area contributed by atoms with Gasteiger partial charge in [-0.3, -0.25) is 14.3 Å².